The van der Waals surface area contributed by atoms with Crippen LogP contribution in [-0.2, 0) is 17.9 Å². The van der Waals surface area contributed by atoms with E-state index in [1.807, 2.05) is 18.5 Å². The zero-order valence-electron chi connectivity index (χ0n) is 13.9. The fourth-order valence-corrected chi connectivity index (χ4v) is 2.26. The van der Waals surface area contributed by atoms with Crippen LogP contribution in [0.3, 0.4) is 0 Å². The van der Waals surface area contributed by atoms with E-state index in [1.54, 1.807) is 19.2 Å². The molecule has 128 valence electrons. The molecule has 0 saturated heterocycles. The molecule has 9 heteroatoms. The summed E-state index contributed by atoms with van der Waals surface area (Å²) in [5, 5.41) is 21.5. The lowest BCUT2D eigenvalue weighted by atomic mass is 10.2. The molecule has 2 aromatic heterocycles. The molecule has 0 unspecified atom stereocenters. The van der Waals surface area contributed by atoms with Crippen molar-refractivity contribution < 1.29 is 9.72 Å². The highest BCUT2D eigenvalue weighted by atomic mass is 16.6. The van der Waals surface area contributed by atoms with Crippen molar-refractivity contribution in [1.82, 2.24) is 24.9 Å². The van der Waals surface area contributed by atoms with Crippen LogP contribution < -0.4 is 5.32 Å². The quantitative estimate of drug-likeness (QED) is 0.469. The van der Waals surface area contributed by atoms with Crippen LogP contribution in [0, 0.1) is 24.0 Å². The molecule has 1 N–H and O–H groups in total. The van der Waals surface area contributed by atoms with Crippen molar-refractivity contribution in [2.24, 2.45) is 0 Å². The molecule has 0 radical (unpaired) electrons. The van der Waals surface area contributed by atoms with Gasteiger partial charge in [0.1, 0.15) is 0 Å². The molecular formula is C15H20N6O3. The average molecular weight is 332 g/mol. The Morgan fingerprint density at radius 3 is 2.75 bits per heavy atom. The molecule has 0 aliphatic carbocycles. The number of hydrogen-bond donors (Lipinski definition) is 1. The Morgan fingerprint density at radius 2 is 2.17 bits per heavy atom. The Morgan fingerprint density at radius 1 is 1.42 bits per heavy atom. The van der Waals surface area contributed by atoms with Gasteiger partial charge in [-0.25, -0.2) is 0 Å². The molecule has 2 heterocycles. The summed E-state index contributed by atoms with van der Waals surface area (Å²) < 4.78 is 3.35. The molecule has 2 aromatic rings. The minimum absolute atomic E-state index is 0.192. The number of rotatable bonds is 7. The summed E-state index contributed by atoms with van der Waals surface area (Å²) in [5.74, 6) is -0.430. The third-order valence-electron chi connectivity index (χ3n) is 3.63. The first-order valence-corrected chi connectivity index (χ1v) is 7.59. The molecule has 1 amide bonds. The number of aromatic nitrogens is 4. The van der Waals surface area contributed by atoms with Crippen LogP contribution in [0.2, 0.25) is 0 Å². The van der Waals surface area contributed by atoms with Crippen LogP contribution in [0.15, 0.2) is 18.3 Å². The highest BCUT2D eigenvalue weighted by Crippen LogP contribution is 2.10. The number of carbonyl (C=O) groups is 1. The van der Waals surface area contributed by atoms with E-state index in [4.69, 9.17) is 0 Å². The predicted octanol–water partition coefficient (Wildman–Crippen LogP) is 1.45. The summed E-state index contributed by atoms with van der Waals surface area (Å²) in [4.78, 5) is 22.0. The van der Waals surface area contributed by atoms with Crippen molar-refractivity contribution in [2.45, 2.75) is 33.9 Å². The summed E-state index contributed by atoms with van der Waals surface area (Å²) in [6.07, 6.45) is 4.88. The van der Waals surface area contributed by atoms with Crippen LogP contribution in [0.25, 0.3) is 6.08 Å². The van der Waals surface area contributed by atoms with E-state index in [9.17, 15) is 14.9 Å². The molecule has 0 saturated carbocycles. The molecule has 2 rings (SSSR count). The minimum Gasteiger partial charge on any atom is -0.358 e. The predicted molar refractivity (Wildman–Crippen MR) is 88.3 cm³/mol. The smallest absolute Gasteiger partial charge is 0.358 e. The zero-order chi connectivity index (χ0) is 17.7. The van der Waals surface area contributed by atoms with Crippen LogP contribution in [0.4, 0.5) is 5.82 Å². The lowest BCUT2D eigenvalue weighted by molar-refractivity contribution is -0.389. The topological polar surface area (TPSA) is 108 Å². The Labute approximate surface area is 139 Å². The minimum atomic E-state index is -0.538. The molecule has 0 atom stereocenters. The maximum Gasteiger partial charge on any atom is 0.390 e. The lowest BCUT2D eigenvalue weighted by Crippen LogP contribution is -2.26. The van der Waals surface area contributed by atoms with Gasteiger partial charge in [0.2, 0.25) is 5.91 Å². The summed E-state index contributed by atoms with van der Waals surface area (Å²) in [7, 11) is 0. The highest BCUT2D eigenvalue weighted by molar-refractivity contribution is 5.91. The number of nitrogens with zero attached hydrogens (tertiary/aromatic N) is 5. The van der Waals surface area contributed by atoms with Crippen LogP contribution in [0.5, 0.6) is 0 Å². The van der Waals surface area contributed by atoms with Gasteiger partial charge < -0.3 is 15.4 Å². The van der Waals surface area contributed by atoms with Crippen LogP contribution in [-0.4, -0.2) is 36.9 Å². The normalized spacial score (nSPS) is 11.1. The summed E-state index contributed by atoms with van der Waals surface area (Å²) >= 11 is 0. The molecule has 9 nitrogen and oxygen atoms in total. The number of hydrogen-bond acceptors (Lipinski definition) is 5. The van der Waals surface area contributed by atoms with Crippen LogP contribution >= 0.6 is 0 Å². The van der Waals surface area contributed by atoms with Gasteiger partial charge in [-0.15, -0.1) is 0 Å². The zero-order valence-corrected chi connectivity index (χ0v) is 13.9. The van der Waals surface area contributed by atoms with Crippen molar-refractivity contribution in [1.29, 1.82) is 0 Å². The van der Waals surface area contributed by atoms with Crippen molar-refractivity contribution in [3.8, 4) is 0 Å². The Balaban J connectivity index is 1.86. The standard InChI is InChI=1S/C15H20N6O3/c1-4-19-12(3)13(10-17-19)5-6-15(22)16-7-8-20-11(2)9-14(18-20)21(23)24/h5-6,9-10H,4,7-8H2,1-3H3,(H,16,22)/b6-5+. The summed E-state index contributed by atoms with van der Waals surface area (Å²) in [6.45, 7) is 7.16. The van der Waals surface area contributed by atoms with Gasteiger partial charge in [-0.2, -0.15) is 9.78 Å². The average Bonchev–Trinajstić information content (AvgIpc) is 3.08. The van der Waals surface area contributed by atoms with E-state index in [2.05, 4.69) is 15.5 Å². The van der Waals surface area contributed by atoms with Crippen molar-refractivity contribution >= 4 is 17.8 Å². The van der Waals surface area contributed by atoms with E-state index in [0.717, 1.165) is 17.8 Å². The van der Waals surface area contributed by atoms with E-state index in [-0.39, 0.29) is 11.7 Å². The summed E-state index contributed by atoms with van der Waals surface area (Å²) in [5.41, 5.74) is 2.57. The summed E-state index contributed by atoms with van der Waals surface area (Å²) in [6, 6.07) is 1.40. The molecule has 24 heavy (non-hydrogen) atoms. The number of nitro groups is 1. The van der Waals surface area contributed by atoms with Crippen molar-refractivity contribution in [3.05, 3.63) is 45.4 Å². The van der Waals surface area contributed by atoms with Gasteiger partial charge in [-0.1, -0.05) is 0 Å². The molecule has 0 aliphatic rings. The second-order valence-corrected chi connectivity index (χ2v) is 5.25. The molecule has 0 fully saturated rings. The first kappa shape index (κ1) is 17.4. The van der Waals surface area contributed by atoms with Gasteiger partial charge >= 0.3 is 5.82 Å². The highest BCUT2D eigenvalue weighted by Gasteiger charge is 2.14. The molecule has 0 spiro atoms. The third-order valence-corrected chi connectivity index (χ3v) is 3.63. The maximum absolute atomic E-state index is 11.8. The Bertz CT molecular complexity index is 774. The van der Waals surface area contributed by atoms with E-state index < -0.39 is 4.92 Å². The van der Waals surface area contributed by atoms with Gasteiger partial charge in [-0.3, -0.25) is 9.48 Å². The van der Waals surface area contributed by atoms with Gasteiger partial charge in [0.05, 0.1) is 29.6 Å². The molecule has 0 bridgehead atoms. The second kappa shape index (κ2) is 7.53. The van der Waals surface area contributed by atoms with Crippen molar-refractivity contribution in [2.75, 3.05) is 6.54 Å². The lowest BCUT2D eigenvalue weighted by Gasteiger charge is -2.02. The van der Waals surface area contributed by atoms with E-state index >= 15 is 0 Å². The molecule has 0 aliphatic heterocycles. The first-order valence-electron chi connectivity index (χ1n) is 7.59. The van der Waals surface area contributed by atoms with Gasteiger partial charge in [-0.05, 0) is 31.8 Å². The van der Waals surface area contributed by atoms with E-state index in [0.29, 0.717) is 18.8 Å². The second-order valence-electron chi connectivity index (χ2n) is 5.25. The monoisotopic (exact) mass is 332 g/mol. The van der Waals surface area contributed by atoms with Gasteiger partial charge in [0.15, 0.2) is 0 Å². The maximum atomic E-state index is 11.8. The third kappa shape index (κ3) is 4.06. The van der Waals surface area contributed by atoms with Gasteiger partial charge in [0, 0.05) is 30.4 Å². The van der Waals surface area contributed by atoms with Crippen LogP contribution in [0.1, 0.15) is 23.9 Å². The van der Waals surface area contributed by atoms with E-state index in [1.165, 1.54) is 16.8 Å². The SMILES string of the molecule is CCn1ncc(/C=C/C(=O)NCCn2nc([N+](=O)[O-])cc2C)c1C. The van der Waals surface area contributed by atoms with Gasteiger partial charge in [0.25, 0.3) is 0 Å². The fraction of sp³-hybridized carbons (Fsp3) is 0.400. The number of aryl methyl sites for hydroxylation is 2. The largest absolute Gasteiger partial charge is 0.390 e. The number of carbonyl (C=O) groups excluding carboxylic acids is 1. The first-order chi connectivity index (χ1) is 11.4. The number of amides is 1. The molecule has 0 aromatic carbocycles. The number of nitrogens with one attached hydrogen (secondary N) is 1. The Kier molecular flexibility index (Phi) is 5.46. The fourth-order valence-electron chi connectivity index (χ4n) is 2.26. The van der Waals surface area contributed by atoms with Crippen molar-refractivity contribution in [3.63, 3.8) is 0 Å². The Hall–Kier alpha value is -2.97. The molecular weight excluding hydrogens is 312 g/mol.